The first-order chi connectivity index (χ1) is 8.15. The van der Waals surface area contributed by atoms with Crippen LogP contribution in [0.15, 0.2) is 24.3 Å². The second kappa shape index (κ2) is 6.91. The van der Waals surface area contributed by atoms with Gasteiger partial charge in [0.2, 0.25) is 0 Å². The van der Waals surface area contributed by atoms with Gasteiger partial charge in [-0.05, 0) is 25.5 Å². The lowest BCUT2D eigenvalue weighted by atomic mass is 10.2. The Morgan fingerprint density at radius 1 is 1.41 bits per heavy atom. The molecule has 0 saturated heterocycles. The van der Waals surface area contributed by atoms with Gasteiger partial charge >= 0.3 is 5.97 Å². The van der Waals surface area contributed by atoms with Crippen molar-refractivity contribution in [2.75, 3.05) is 13.2 Å². The third-order valence-corrected chi connectivity index (χ3v) is 2.19. The molecule has 94 valence electrons. The molecule has 0 spiro atoms. The zero-order chi connectivity index (χ0) is 12.7. The van der Waals surface area contributed by atoms with Crippen LogP contribution in [0.25, 0.3) is 0 Å². The Labute approximate surface area is 101 Å². The van der Waals surface area contributed by atoms with Crippen LogP contribution >= 0.6 is 0 Å². The molecule has 0 bridgehead atoms. The molecule has 1 atom stereocenters. The molecule has 1 unspecified atom stereocenters. The number of carbonyl (C=O) groups excluding carboxylic acids is 1. The number of ether oxygens (including phenoxy) is 2. The van der Waals surface area contributed by atoms with Crippen LogP contribution in [0.1, 0.15) is 20.3 Å². The quantitative estimate of drug-likeness (QED) is 0.469. The molecule has 0 aliphatic rings. The van der Waals surface area contributed by atoms with Gasteiger partial charge < -0.3 is 14.6 Å². The lowest BCUT2D eigenvalue weighted by Gasteiger charge is -2.11. The van der Waals surface area contributed by atoms with Crippen LogP contribution in [0.5, 0.6) is 11.5 Å². The number of carbonyl (C=O) groups is 1. The number of aromatic hydroxyl groups is 1. The number of hydrogen-bond donors (Lipinski definition) is 1. The zero-order valence-corrected chi connectivity index (χ0v) is 10.2. The molecule has 0 aliphatic carbocycles. The van der Waals surface area contributed by atoms with Crippen LogP contribution in [-0.4, -0.2) is 24.3 Å². The van der Waals surface area contributed by atoms with Gasteiger partial charge in [-0.1, -0.05) is 19.1 Å². The second-order valence-electron chi connectivity index (χ2n) is 3.86. The molecular weight excluding hydrogens is 220 g/mol. The SMILES string of the molecule is CCCOCC(C)C(=O)Oc1ccccc1O. The van der Waals surface area contributed by atoms with Gasteiger partial charge in [0.25, 0.3) is 0 Å². The molecule has 0 saturated carbocycles. The van der Waals surface area contributed by atoms with Gasteiger partial charge in [-0.2, -0.15) is 0 Å². The second-order valence-corrected chi connectivity index (χ2v) is 3.86. The molecule has 1 aromatic rings. The standard InChI is InChI=1S/C13H18O4/c1-3-8-16-9-10(2)13(15)17-12-7-5-4-6-11(12)14/h4-7,10,14H,3,8-9H2,1-2H3. The van der Waals surface area contributed by atoms with Gasteiger partial charge in [0.1, 0.15) is 0 Å². The number of esters is 1. The molecule has 0 amide bonds. The number of rotatable bonds is 6. The van der Waals surface area contributed by atoms with E-state index in [1.165, 1.54) is 6.07 Å². The van der Waals surface area contributed by atoms with Crippen LogP contribution in [0, 0.1) is 5.92 Å². The molecule has 1 N–H and O–H groups in total. The summed E-state index contributed by atoms with van der Waals surface area (Å²) in [5.41, 5.74) is 0. The van der Waals surface area contributed by atoms with E-state index in [-0.39, 0.29) is 17.4 Å². The maximum Gasteiger partial charge on any atom is 0.316 e. The Balaban J connectivity index is 2.46. The molecule has 1 aromatic carbocycles. The van der Waals surface area contributed by atoms with Gasteiger partial charge in [-0.25, -0.2) is 0 Å². The summed E-state index contributed by atoms with van der Waals surface area (Å²) >= 11 is 0. The summed E-state index contributed by atoms with van der Waals surface area (Å²) in [6, 6.07) is 6.38. The fourth-order valence-electron chi connectivity index (χ4n) is 1.22. The summed E-state index contributed by atoms with van der Waals surface area (Å²) in [7, 11) is 0. The first-order valence-electron chi connectivity index (χ1n) is 5.72. The van der Waals surface area contributed by atoms with Gasteiger partial charge in [-0.15, -0.1) is 0 Å². The number of hydrogen-bond acceptors (Lipinski definition) is 4. The lowest BCUT2D eigenvalue weighted by Crippen LogP contribution is -2.22. The molecule has 0 heterocycles. The van der Waals surface area contributed by atoms with E-state index < -0.39 is 5.97 Å². The number of phenols is 1. The summed E-state index contributed by atoms with van der Waals surface area (Å²) in [6.07, 6.45) is 0.918. The first-order valence-corrected chi connectivity index (χ1v) is 5.72. The minimum Gasteiger partial charge on any atom is -0.504 e. The fraction of sp³-hybridized carbons (Fsp3) is 0.462. The lowest BCUT2D eigenvalue weighted by molar-refractivity contribution is -0.140. The average molecular weight is 238 g/mol. The molecule has 0 radical (unpaired) electrons. The monoisotopic (exact) mass is 238 g/mol. The summed E-state index contributed by atoms with van der Waals surface area (Å²) in [5.74, 6) is -0.605. The largest absolute Gasteiger partial charge is 0.504 e. The van der Waals surface area contributed by atoms with E-state index >= 15 is 0 Å². The normalized spacial score (nSPS) is 12.1. The minimum absolute atomic E-state index is 0.0393. The van der Waals surface area contributed by atoms with Crippen LogP contribution < -0.4 is 4.74 Å². The van der Waals surface area contributed by atoms with E-state index in [1.807, 2.05) is 6.92 Å². The molecule has 1 rings (SSSR count). The Morgan fingerprint density at radius 3 is 2.76 bits per heavy atom. The summed E-state index contributed by atoms with van der Waals surface area (Å²) in [5, 5.41) is 9.45. The van der Waals surface area contributed by atoms with Crippen molar-refractivity contribution < 1.29 is 19.4 Å². The molecule has 17 heavy (non-hydrogen) atoms. The Hall–Kier alpha value is -1.55. The van der Waals surface area contributed by atoms with Crippen LogP contribution in [-0.2, 0) is 9.53 Å². The van der Waals surface area contributed by atoms with E-state index in [0.717, 1.165) is 6.42 Å². The van der Waals surface area contributed by atoms with Gasteiger partial charge in [0.15, 0.2) is 11.5 Å². The number of para-hydroxylation sites is 2. The van der Waals surface area contributed by atoms with E-state index in [1.54, 1.807) is 25.1 Å². The van der Waals surface area contributed by atoms with Crippen molar-refractivity contribution in [1.29, 1.82) is 0 Å². The Morgan fingerprint density at radius 2 is 2.12 bits per heavy atom. The highest BCUT2D eigenvalue weighted by molar-refractivity contribution is 5.75. The van der Waals surface area contributed by atoms with E-state index in [9.17, 15) is 9.90 Å². The smallest absolute Gasteiger partial charge is 0.316 e. The molecular formula is C13H18O4. The highest BCUT2D eigenvalue weighted by Crippen LogP contribution is 2.25. The van der Waals surface area contributed by atoms with Crippen LogP contribution in [0.2, 0.25) is 0 Å². The van der Waals surface area contributed by atoms with Crippen molar-refractivity contribution in [3.8, 4) is 11.5 Å². The summed E-state index contributed by atoms with van der Waals surface area (Å²) in [6.45, 7) is 4.71. The highest BCUT2D eigenvalue weighted by Gasteiger charge is 2.16. The third-order valence-electron chi connectivity index (χ3n) is 2.19. The van der Waals surface area contributed by atoms with Crippen molar-refractivity contribution in [2.45, 2.75) is 20.3 Å². The molecule has 0 fully saturated rings. The Kier molecular flexibility index (Phi) is 5.49. The van der Waals surface area contributed by atoms with Crippen LogP contribution in [0.4, 0.5) is 0 Å². The van der Waals surface area contributed by atoms with Crippen molar-refractivity contribution >= 4 is 5.97 Å². The molecule has 4 heteroatoms. The van der Waals surface area contributed by atoms with E-state index in [4.69, 9.17) is 9.47 Å². The summed E-state index contributed by atoms with van der Waals surface area (Å²) in [4.78, 5) is 11.6. The van der Waals surface area contributed by atoms with Crippen LogP contribution in [0.3, 0.4) is 0 Å². The van der Waals surface area contributed by atoms with Crippen molar-refractivity contribution in [1.82, 2.24) is 0 Å². The maximum absolute atomic E-state index is 11.6. The van der Waals surface area contributed by atoms with Gasteiger partial charge in [0.05, 0.1) is 12.5 Å². The average Bonchev–Trinajstić information content (AvgIpc) is 2.32. The predicted octanol–water partition coefficient (Wildman–Crippen LogP) is 2.36. The van der Waals surface area contributed by atoms with Crippen molar-refractivity contribution in [2.24, 2.45) is 5.92 Å². The number of phenolic OH excluding ortho intramolecular Hbond substituents is 1. The first kappa shape index (κ1) is 13.5. The Bertz CT molecular complexity index is 362. The van der Waals surface area contributed by atoms with Gasteiger partial charge in [0, 0.05) is 6.61 Å². The van der Waals surface area contributed by atoms with E-state index in [0.29, 0.717) is 13.2 Å². The molecule has 0 aliphatic heterocycles. The molecule has 4 nitrogen and oxygen atoms in total. The topological polar surface area (TPSA) is 55.8 Å². The molecule has 0 aromatic heterocycles. The predicted molar refractivity (Wildman–Crippen MR) is 64.0 cm³/mol. The maximum atomic E-state index is 11.6. The highest BCUT2D eigenvalue weighted by atomic mass is 16.5. The fourth-order valence-corrected chi connectivity index (χ4v) is 1.22. The van der Waals surface area contributed by atoms with E-state index in [2.05, 4.69) is 0 Å². The zero-order valence-electron chi connectivity index (χ0n) is 10.2. The summed E-state index contributed by atoms with van der Waals surface area (Å²) < 4.78 is 10.3. The third kappa shape index (κ3) is 4.44. The van der Waals surface area contributed by atoms with Crippen molar-refractivity contribution in [3.63, 3.8) is 0 Å². The van der Waals surface area contributed by atoms with Crippen molar-refractivity contribution in [3.05, 3.63) is 24.3 Å². The minimum atomic E-state index is -0.400. The number of benzene rings is 1. The van der Waals surface area contributed by atoms with Gasteiger partial charge in [-0.3, -0.25) is 4.79 Å².